The number of rotatable bonds is 4. The van der Waals surface area contributed by atoms with E-state index in [2.05, 4.69) is 19.2 Å². The van der Waals surface area contributed by atoms with Gasteiger partial charge in [0.2, 0.25) is 5.91 Å². The van der Waals surface area contributed by atoms with Gasteiger partial charge in [0.05, 0.1) is 0 Å². The van der Waals surface area contributed by atoms with Crippen LogP contribution >= 0.6 is 0 Å². The average Bonchev–Trinajstić information content (AvgIpc) is 2.28. The molecular weight excluding hydrogens is 212 g/mol. The molecule has 1 saturated carbocycles. The lowest BCUT2D eigenvalue weighted by Gasteiger charge is -2.33. The molecule has 1 aliphatic carbocycles. The molecule has 1 rings (SSSR count). The topological polar surface area (TPSA) is 55.1 Å². The second-order valence-electron chi connectivity index (χ2n) is 6.02. The Labute approximate surface area is 106 Å². The fourth-order valence-corrected chi connectivity index (χ4v) is 2.54. The Bertz CT molecular complexity index is 251. The lowest BCUT2D eigenvalue weighted by atomic mass is 9.79. The maximum atomic E-state index is 11.9. The number of hydrogen-bond acceptors (Lipinski definition) is 2. The third kappa shape index (κ3) is 4.30. The van der Waals surface area contributed by atoms with Crippen molar-refractivity contribution in [3.8, 4) is 0 Å². The average molecular weight is 240 g/mol. The lowest BCUT2D eigenvalue weighted by molar-refractivity contribution is -0.126. The summed E-state index contributed by atoms with van der Waals surface area (Å²) in [6.07, 6.45) is 4.81. The first kappa shape index (κ1) is 14.5. The van der Waals surface area contributed by atoms with Gasteiger partial charge < -0.3 is 11.1 Å². The summed E-state index contributed by atoms with van der Waals surface area (Å²) < 4.78 is 0. The van der Waals surface area contributed by atoms with Gasteiger partial charge in [-0.3, -0.25) is 4.79 Å². The van der Waals surface area contributed by atoms with Gasteiger partial charge in [0, 0.05) is 18.0 Å². The van der Waals surface area contributed by atoms with Gasteiger partial charge in [-0.05, 0) is 31.6 Å². The molecule has 4 atom stereocenters. The maximum absolute atomic E-state index is 11.9. The molecule has 17 heavy (non-hydrogen) atoms. The molecule has 0 bridgehead atoms. The molecule has 3 heteroatoms. The number of carbonyl (C=O) groups excluding carboxylic acids is 1. The third-order valence-electron chi connectivity index (χ3n) is 4.21. The summed E-state index contributed by atoms with van der Waals surface area (Å²) in [5.41, 5.74) is 5.76. The van der Waals surface area contributed by atoms with Gasteiger partial charge in [-0.1, -0.05) is 33.6 Å². The molecule has 0 aromatic carbocycles. The lowest BCUT2D eigenvalue weighted by Crippen LogP contribution is -2.45. The van der Waals surface area contributed by atoms with Crippen LogP contribution in [0.25, 0.3) is 0 Å². The first-order valence-electron chi connectivity index (χ1n) is 6.97. The number of carbonyl (C=O) groups is 1. The van der Waals surface area contributed by atoms with Crippen molar-refractivity contribution in [3.63, 3.8) is 0 Å². The van der Waals surface area contributed by atoms with E-state index in [-0.39, 0.29) is 17.9 Å². The van der Waals surface area contributed by atoms with Crippen molar-refractivity contribution in [2.75, 3.05) is 0 Å². The molecule has 0 radical (unpaired) electrons. The predicted octanol–water partition coefficient (Wildman–Crippen LogP) is 2.30. The summed E-state index contributed by atoms with van der Waals surface area (Å²) in [6, 6.07) is 0.296. The SMILES string of the molecule is CC(C)C1CCCC(NC(=O)C(C)C(C)N)C1. The Morgan fingerprint density at radius 2 is 1.88 bits per heavy atom. The summed E-state index contributed by atoms with van der Waals surface area (Å²) in [5, 5.41) is 3.17. The van der Waals surface area contributed by atoms with Crippen molar-refractivity contribution >= 4 is 5.91 Å². The van der Waals surface area contributed by atoms with Gasteiger partial charge in [-0.2, -0.15) is 0 Å². The molecule has 3 N–H and O–H groups in total. The highest BCUT2D eigenvalue weighted by Gasteiger charge is 2.27. The van der Waals surface area contributed by atoms with Gasteiger partial charge in [0.15, 0.2) is 0 Å². The van der Waals surface area contributed by atoms with E-state index in [1.165, 1.54) is 12.8 Å². The Morgan fingerprint density at radius 3 is 2.41 bits per heavy atom. The van der Waals surface area contributed by atoms with E-state index >= 15 is 0 Å². The van der Waals surface area contributed by atoms with Gasteiger partial charge in [-0.15, -0.1) is 0 Å². The molecule has 1 aliphatic rings. The fourth-order valence-electron chi connectivity index (χ4n) is 2.54. The van der Waals surface area contributed by atoms with Crippen molar-refractivity contribution in [2.24, 2.45) is 23.5 Å². The second kappa shape index (κ2) is 6.39. The summed E-state index contributed by atoms with van der Waals surface area (Å²) in [5.74, 6) is 1.52. The third-order valence-corrected chi connectivity index (χ3v) is 4.21. The Balaban J connectivity index is 2.43. The molecule has 0 aliphatic heterocycles. The predicted molar refractivity (Wildman–Crippen MR) is 71.5 cm³/mol. The van der Waals surface area contributed by atoms with Crippen LogP contribution in [-0.2, 0) is 4.79 Å². The van der Waals surface area contributed by atoms with Crippen LogP contribution in [0.2, 0.25) is 0 Å². The van der Waals surface area contributed by atoms with E-state index in [4.69, 9.17) is 5.73 Å². The highest BCUT2D eigenvalue weighted by molar-refractivity contribution is 5.79. The van der Waals surface area contributed by atoms with Crippen molar-refractivity contribution in [1.82, 2.24) is 5.32 Å². The molecule has 1 fully saturated rings. The van der Waals surface area contributed by atoms with Gasteiger partial charge in [0.1, 0.15) is 0 Å². The largest absolute Gasteiger partial charge is 0.353 e. The first-order chi connectivity index (χ1) is 7.91. The van der Waals surface area contributed by atoms with E-state index in [1.807, 2.05) is 13.8 Å². The zero-order valence-electron chi connectivity index (χ0n) is 11.7. The molecule has 1 amide bonds. The second-order valence-corrected chi connectivity index (χ2v) is 6.02. The van der Waals surface area contributed by atoms with Crippen LogP contribution in [0.4, 0.5) is 0 Å². The zero-order chi connectivity index (χ0) is 13.0. The quantitative estimate of drug-likeness (QED) is 0.792. The van der Waals surface area contributed by atoms with Crippen LogP contribution in [0.15, 0.2) is 0 Å². The number of hydrogen-bond donors (Lipinski definition) is 2. The number of nitrogens with two attached hydrogens (primary N) is 1. The van der Waals surface area contributed by atoms with Gasteiger partial charge in [0.25, 0.3) is 0 Å². The van der Waals surface area contributed by atoms with Crippen LogP contribution in [0, 0.1) is 17.8 Å². The van der Waals surface area contributed by atoms with Crippen LogP contribution in [0.1, 0.15) is 53.4 Å². The molecule has 100 valence electrons. The van der Waals surface area contributed by atoms with Gasteiger partial charge in [-0.25, -0.2) is 0 Å². The van der Waals surface area contributed by atoms with E-state index in [0.29, 0.717) is 6.04 Å². The van der Waals surface area contributed by atoms with Crippen LogP contribution in [0.3, 0.4) is 0 Å². The summed E-state index contributed by atoms with van der Waals surface area (Å²) in [4.78, 5) is 11.9. The Kier molecular flexibility index (Phi) is 5.44. The molecule has 4 unspecified atom stereocenters. The Hall–Kier alpha value is -0.570. The van der Waals surface area contributed by atoms with E-state index in [1.54, 1.807) is 0 Å². The smallest absolute Gasteiger partial charge is 0.224 e. The minimum absolute atomic E-state index is 0.0699. The molecule has 0 saturated heterocycles. The first-order valence-corrected chi connectivity index (χ1v) is 6.97. The summed E-state index contributed by atoms with van der Waals surface area (Å²) in [6.45, 7) is 8.35. The monoisotopic (exact) mass is 240 g/mol. The van der Waals surface area contributed by atoms with Crippen molar-refractivity contribution in [1.29, 1.82) is 0 Å². The minimum Gasteiger partial charge on any atom is -0.353 e. The summed E-state index contributed by atoms with van der Waals surface area (Å²) in [7, 11) is 0. The van der Waals surface area contributed by atoms with Crippen molar-refractivity contribution < 1.29 is 4.79 Å². The molecule has 3 nitrogen and oxygen atoms in total. The maximum Gasteiger partial charge on any atom is 0.224 e. The number of nitrogens with one attached hydrogen (secondary N) is 1. The number of amides is 1. The van der Waals surface area contributed by atoms with Crippen molar-refractivity contribution in [2.45, 2.75) is 65.5 Å². The fraction of sp³-hybridized carbons (Fsp3) is 0.929. The highest BCUT2D eigenvalue weighted by atomic mass is 16.1. The van der Waals surface area contributed by atoms with E-state index in [9.17, 15) is 4.79 Å². The van der Waals surface area contributed by atoms with Crippen LogP contribution < -0.4 is 11.1 Å². The van der Waals surface area contributed by atoms with Crippen molar-refractivity contribution in [3.05, 3.63) is 0 Å². The molecule has 0 aromatic rings. The standard InChI is InChI=1S/C14H28N2O/c1-9(2)12-6-5-7-13(8-12)16-14(17)10(3)11(4)15/h9-13H,5-8,15H2,1-4H3,(H,16,17). The molecular formula is C14H28N2O. The van der Waals surface area contributed by atoms with E-state index < -0.39 is 0 Å². The van der Waals surface area contributed by atoms with Gasteiger partial charge >= 0.3 is 0 Å². The summed E-state index contributed by atoms with van der Waals surface area (Å²) >= 11 is 0. The van der Waals surface area contributed by atoms with Crippen LogP contribution in [-0.4, -0.2) is 18.0 Å². The molecule has 0 spiro atoms. The minimum atomic E-state index is -0.0885. The zero-order valence-corrected chi connectivity index (χ0v) is 11.7. The Morgan fingerprint density at radius 1 is 1.24 bits per heavy atom. The van der Waals surface area contributed by atoms with E-state index in [0.717, 1.165) is 24.7 Å². The molecule has 0 heterocycles. The normalized spacial score (nSPS) is 28.8. The molecule has 0 aromatic heterocycles. The van der Waals surface area contributed by atoms with Crippen LogP contribution in [0.5, 0.6) is 0 Å². The highest BCUT2D eigenvalue weighted by Crippen LogP contribution is 2.30.